The van der Waals surface area contributed by atoms with Gasteiger partial charge in [0.1, 0.15) is 5.69 Å². The molecule has 0 aliphatic heterocycles. The molecule has 0 aliphatic carbocycles. The van der Waals surface area contributed by atoms with Crippen molar-refractivity contribution in [3.63, 3.8) is 0 Å². The number of aryl methyl sites for hydroxylation is 1. The van der Waals surface area contributed by atoms with Crippen LogP contribution in [0.4, 0.5) is 5.69 Å². The molecule has 0 spiro atoms. The Balaban J connectivity index is 2.04. The zero-order valence-corrected chi connectivity index (χ0v) is 16.9. The van der Waals surface area contributed by atoms with Crippen molar-refractivity contribution < 1.29 is 23.8 Å². The van der Waals surface area contributed by atoms with Crippen LogP contribution < -0.4 is 5.32 Å². The zero-order valence-electron chi connectivity index (χ0n) is 16.9. The molecule has 7 nitrogen and oxygen atoms in total. The summed E-state index contributed by atoms with van der Waals surface area (Å²) in [6, 6.07) is 7.45. The van der Waals surface area contributed by atoms with Crippen LogP contribution in [0.15, 0.2) is 24.3 Å². The summed E-state index contributed by atoms with van der Waals surface area (Å²) in [7, 11) is 0. The third-order valence-electron chi connectivity index (χ3n) is 4.17. The van der Waals surface area contributed by atoms with Gasteiger partial charge in [0, 0.05) is 18.0 Å². The Morgan fingerprint density at radius 3 is 2.54 bits per heavy atom. The second-order valence-corrected chi connectivity index (χ2v) is 6.25. The third-order valence-corrected chi connectivity index (χ3v) is 4.17. The smallest absolute Gasteiger partial charge is 0.340 e. The first kappa shape index (κ1) is 21.7. The van der Waals surface area contributed by atoms with Gasteiger partial charge in [-0.15, -0.1) is 0 Å². The van der Waals surface area contributed by atoms with Crippen LogP contribution >= 0.6 is 0 Å². The molecular formula is C21H28N2O5. The van der Waals surface area contributed by atoms with Crippen molar-refractivity contribution in [1.29, 1.82) is 0 Å². The Labute approximate surface area is 165 Å². The standard InChI is InChI=1S/C21H28N2O5/c1-5-26-10-11-27-13-16-8-7-9-17(12-16)23-20(24)19-14(3)18(15(4)22-19)21(25)28-6-2/h7-9,12,22H,5-6,10-11,13H2,1-4H3,(H,23,24). The summed E-state index contributed by atoms with van der Waals surface area (Å²) >= 11 is 0. The summed E-state index contributed by atoms with van der Waals surface area (Å²) in [5.41, 5.74) is 3.53. The monoisotopic (exact) mass is 388 g/mol. The van der Waals surface area contributed by atoms with Gasteiger partial charge in [-0.1, -0.05) is 12.1 Å². The van der Waals surface area contributed by atoms with Crippen LogP contribution in [0.3, 0.4) is 0 Å². The minimum Gasteiger partial charge on any atom is -0.462 e. The summed E-state index contributed by atoms with van der Waals surface area (Å²) in [6.07, 6.45) is 0. The first-order valence-electron chi connectivity index (χ1n) is 9.39. The second-order valence-electron chi connectivity index (χ2n) is 6.25. The Kier molecular flexibility index (Phi) is 8.22. The maximum Gasteiger partial charge on any atom is 0.340 e. The average Bonchev–Trinajstić information content (AvgIpc) is 2.96. The van der Waals surface area contributed by atoms with Crippen LogP contribution in [-0.2, 0) is 20.8 Å². The number of amides is 1. The normalized spacial score (nSPS) is 10.7. The molecule has 28 heavy (non-hydrogen) atoms. The predicted molar refractivity (Wildman–Crippen MR) is 107 cm³/mol. The largest absolute Gasteiger partial charge is 0.462 e. The lowest BCUT2D eigenvalue weighted by Crippen LogP contribution is -2.14. The number of esters is 1. The number of hydrogen-bond donors (Lipinski definition) is 2. The number of nitrogens with one attached hydrogen (secondary N) is 2. The Hall–Kier alpha value is -2.64. The van der Waals surface area contributed by atoms with Gasteiger partial charge in [0.25, 0.3) is 5.91 Å². The Bertz CT molecular complexity index is 813. The number of carbonyl (C=O) groups is 2. The van der Waals surface area contributed by atoms with E-state index in [1.165, 1.54) is 0 Å². The van der Waals surface area contributed by atoms with Gasteiger partial charge in [0.2, 0.25) is 0 Å². The maximum absolute atomic E-state index is 12.7. The van der Waals surface area contributed by atoms with E-state index in [-0.39, 0.29) is 12.5 Å². The number of aromatic amines is 1. The number of H-pyrrole nitrogens is 1. The zero-order chi connectivity index (χ0) is 20.5. The van der Waals surface area contributed by atoms with Crippen LogP contribution in [0.25, 0.3) is 0 Å². The van der Waals surface area contributed by atoms with Gasteiger partial charge in [-0.2, -0.15) is 0 Å². The summed E-state index contributed by atoms with van der Waals surface area (Å²) < 4.78 is 15.9. The molecule has 0 saturated heterocycles. The van der Waals surface area contributed by atoms with Crippen LogP contribution in [0.1, 0.15) is 51.5 Å². The first-order valence-corrected chi connectivity index (χ1v) is 9.39. The average molecular weight is 388 g/mol. The van der Waals surface area contributed by atoms with Crippen LogP contribution in [-0.4, -0.2) is 43.3 Å². The highest BCUT2D eigenvalue weighted by molar-refractivity contribution is 6.06. The highest BCUT2D eigenvalue weighted by atomic mass is 16.5. The second kappa shape index (κ2) is 10.6. The Morgan fingerprint density at radius 1 is 1.07 bits per heavy atom. The molecule has 0 unspecified atom stereocenters. The molecule has 0 saturated carbocycles. The number of anilines is 1. The quantitative estimate of drug-likeness (QED) is 0.479. The molecule has 2 N–H and O–H groups in total. The van der Waals surface area contributed by atoms with Crippen LogP contribution in [0.2, 0.25) is 0 Å². The first-order chi connectivity index (χ1) is 13.5. The van der Waals surface area contributed by atoms with E-state index in [1.54, 1.807) is 26.8 Å². The van der Waals surface area contributed by atoms with Gasteiger partial charge >= 0.3 is 5.97 Å². The summed E-state index contributed by atoms with van der Waals surface area (Å²) in [6.45, 7) is 9.62. The molecular weight excluding hydrogens is 360 g/mol. The van der Waals surface area contributed by atoms with E-state index < -0.39 is 5.97 Å². The van der Waals surface area contributed by atoms with Crippen molar-refractivity contribution in [2.24, 2.45) is 0 Å². The fourth-order valence-electron chi connectivity index (χ4n) is 2.87. The SMILES string of the molecule is CCOCCOCc1cccc(NC(=O)c2[nH]c(C)c(C(=O)OCC)c2C)c1. The highest BCUT2D eigenvalue weighted by Gasteiger charge is 2.22. The minimum absolute atomic E-state index is 0.282. The van der Waals surface area contributed by atoms with Gasteiger partial charge in [0.15, 0.2) is 0 Å². The van der Waals surface area contributed by atoms with Crippen molar-refractivity contribution in [3.8, 4) is 0 Å². The fraction of sp³-hybridized carbons (Fsp3) is 0.429. The lowest BCUT2D eigenvalue weighted by atomic mass is 10.1. The third kappa shape index (κ3) is 5.68. The highest BCUT2D eigenvalue weighted by Crippen LogP contribution is 2.21. The molecule has 0 fully saturated rings. The van der Waals surface area contributed by atoms with Crippen LogP contribution in [0.5, 0.6) is 0 Å². The number of rotatable bonds is 10. The number of aromatic nitrogens is 1. The van der Waals surface area contributed by atoms with E-state index in [9.17, 15) is 9.59 Å². The van der Waals surface area contributed by atoms with Crippen molar-refractivity contribution >= 4 is 17.6 Å². The van der Waals surface area contributed by atoms with Gasteiger partial charge in [-0.3, -0.25) is 4.79 Å². The lowest BCUT2D eigenvalue weighted by Gasteiger charge is -2.08. The predicted octanol–water partition coefficient (Wildman–Crippen LogP) is 3.61. The molecule has 0 radical (unpaired) electrons. The number of hydrogen-bond acceptors (Lipinski definition) is 5. The molecule has 1 amide bonds. The van der Waals surface area contributed by atoms with Gasteiger partial charge in [-0.25, -0.2) is 4.79 Å². The molecule has 2 rings (SSSR count). The molecule has 0 atom stereocenters. The van der Waals surface area contributed by atoms with E-state index in [4.69, 9.17) is 14.2 Å². The Morgan fingerprint density at radius 2 is 1.82 bits per heavy atom. The van der Waals surface area contributed by atoms with Crippen molar-refractivity contribution in [2.45, 2.75) is 34.3 Å². The molecule has 2 aromatic rings. The lowest BCUT2D eigenvalue weighted by molar-refractivity contribution is 0.0453. The van der Waals surface area contributed by atoms with E-state index >= 15 is 0 Å². The van der Waals surface area contributed by atoms with Crippen molar-refractivity contribution in [3.05, 3.63) is 52.3 Å². The van der Waals surface area contributed by atoms with Crippen LogP contribution in [0, 0.1) is 13.8 Å². The topological polar surface area (TPSA) is 89.7 Å². The summed E-state index contributed by atoms with van der Waals surface area (Å²) in [5.74, 6) is -0.746. The van der Waals surface area contributed by atoms with E-state index in [2.05, 4.69) is 10.3 Å². The molecule has 1 heterocycles. The number of ether oxygens (including phenoxy) is 3. The molecule has 0 bridgehead atoms. The number of carbonyl (C=O) groups excluding carboxylic acids is 2. The van der Waals surface area contributed by atoms with Gasteiger partial charge in [-0.05, 0) is 51.0 Å². The van der Waals surface area contributed by atoms with Gasteiger partial charge < -0.3 is 24.5 Å². The summed E-state index contributed by atoms with van der Waals surface area (Å²) in [4.78, 5) is 27.8. The molecule has 152 valence electrons. The summed E-state index contributed by atoms with van der Waals surface area (Å²) in [5, 5.41) is 2.86. The fourth-order valence-corrected chi connectivity index (χ4v) is 2.87. The van der Waals surface area contributed by atoms with Crippen molar-refractivity contribution in [2.75, 3.05) is 31.7 Å². The van der Waals surface area contributed by atoms with E-state index in [1.807, 2.05) is 25.1 Å². The minimum atomic E-state index is -0.431. The molecule has 1 aromatic heterocycles. The van der Waals surface area contributed by atoms with Crippen molar-refractivity contribution in [1.82, 2.24) is 4.98 Å². The molecule has 7 heteroatoms. The molecule has 1 aromatic carbocycles. The van der Waals surface area contributed by atoms with E-state index in [0.29, 0.717) is 54.6 Å². The van der Waals surface area contributed by atoms with Gasteiger partial charge in [0.05, 0.1) is 32.0 Å². The van der Waals surface area contributed by atoms with E-state index in [0.717, 1.165) is 5.56 Å². The maximum atomic E-state index is 12.7. The number of benzene rings is 1. The molecule has 0 aliphatic rings.